The van der Waals surface area contributed by atoms with Crippen molar-refractivity contribution in [3.8, 4) is 5.75 Å². The van der Waals surface area contributed by atoms with Gasteiger partial charge in [-0.2, -0.15) is 0 Å². The first-order valence-corrected chi connectivity index (χ1v) is 9.17. The second-order valence-electron chi connectivity index (χ2n) is 5.33. The highest BCUT2D eigenvalue weighted by molar-refractivity contribution is 8.18. The van der Waals surface area contributed by atoms with Crippen LogP contribution in [0.1, 0.15) is 5.56 Å². The zero-order chi connectivity index (χ0) is 19.4. The van der Waals surface area contributed by atoms with Crippen LogP contribution in [0.4, 0.5) is 5.69 Å². The summed E-state index contributed by atoms with van der Waals surface area (Å²) in [6.45, 7) is -0.484. The summed E-state index contributed by atoms with van der Waals surface area (Å²) in [6.07, 6.45) is 1.66. The minimum Gasteiger partial charge on any atom is -0.480 e. The molecule has 3 rings (SSSR count). The van der Waals surface area contributed by atoms with Gasteiger partial charge in [0, 0.05) is 5.02 Å². The highest BCUT2D eigenvalue weighted by Crippen LogP contribution is 2.31. The van der Waals surface area contributed by atoms with E-state index in [1.807, 2.05) is 0 Å². The molecular weight excluding hydrogens is 411 g/mol. The third kappa shape index (κ3) is 5.26. The number of amidine groups is 1. The SMILES string of the molecule is O=C(O)COc1ccc(/C=C2\SC(=Nc3cccc(Cl)c3)NC2=O)cc1Cl. The zero-order valence-corrected chi connectivity index (χ0v) is 15.9. The molecule has 0 radical (unpaired) electrons. The molecule has 0 unspecified atom stereocenters. The Bertz CT molecular complexity index is 976. The van der Waals surface area contributed by atoms with Gasteiger partial charge in [-0.15, -0.1) is 0 Å². The Kier molecular flexibility index (Phi) is 6.05. The van der Waals surface area contributed by atoms with Gasteiger partial charge in [0.25, 0.3) is 5.91 Å². The molecule has 0 atom stereocenters. The number of carboxylic acid groups (broad SMARTS) is 1. The number of hydrogen-bond acceptors (Lipinski definition) is 5. The minimum atomic E-state index is -1.09. The Morgan fingerprint density at radius 1 is 1.26 bits per heavy atom. The topological polar surface area (TPSA) is 88.0 Å². The normalized spacial score (nSPS) is 16.6. The maximum Gasteiger partial charge on any atom is 0.341 e. The lowest BCUT2D eigenvalue weighted by Gasteiger charge is -2.06. The number of ether oxygens (including phenoxy) is 1. The van der Waals surface area contributed by atoms with Gasteiger partial charge in [-0.05, 0) is 53.7 Å². The first kappa shape index (κ1) is 19.3. The molecule has 27 heavy (non-hydrogen) atoms. The van der Waals surface area contributed by atoms with Crippen LogP contribution in [0.3, 0.4) is 0 Å². The number of carbonyl (C=O) groups is 2. The third-order valence-corrected chi connectivity index (χ3v) is 4.73. The van der Waals surface area contributed by atoms with Crippen LogP contribution in [0.15, 0.2) is 52.4 Å². The average molecular weight is 423 g/mol. The van der Waals surface area contributed by atoms with E-state index in [4.69, 9.17) is 33.0 Å². The number of thioether (sulfide) groups is 1. The molecule has 9 heteroatoms. The van der Waals surface area contributed by atoms with Crippen LogP contribution in [0.25, 0.3) is 6.08 Å². The molecule has 1 saturated heterocycles. The summed E-state index contributed by atoms with van der Waals surface area (Å²) in [7, 11) is 0. The number of benzene rings is 2. The Balaban J connectivity index is 1.76. The molecule has 1 heterocycles. The second kappa shape index (κ2) is 8.47. The van der Waals surface area contributed by atoms with Crippen molar-refractivity contribution >= 4 is 63.8 Å². The quantitative estimate of drug-likeness (QED) is 0.699. The van der Waals surface area contributed by atoms with Crippen molar-refractivity contribution in [2.45, 2.75) is 0 Å². The lowest BCUT2D eigenvalue weighted by Crippen LogP contribution is -2.19. The number of carbonyl (C=O) groups excluding carboxylic acids is 1. The Hall–Kier alpha value is -2.48. The largest absolute Gasteiger partial charge is 0.480 e. The van der Waals surface area contributed by atoms with Crippen LogP contribution in [0.2, 0.25) is 10.0 Å². The third-order valence-electron chi connectivity index (χ3n) is 3.29. The second-order valence-corrected chi connectivity index (χ2v) is 7.21. The summed E-state index contributed by atoms with van der Waals surface area (Å²) in [6, 6.07) is 11.8. The molecule has 0 spiro atoms. The summed E-state index contributed by atoms with van der Waals surface area (Å²) >= 11 is 13.2. The number of amides is 1. The van der Waals surface area contributed by atoms with Crippen molar-refractivity contribution in [3.05, 3.63) is 63.0 Å². The molecule has 0 bridgehead atoms. The molecule has 1 fully saturated rings. The number of carboxylic acids is 1. The number of halogens is 2. The number of aliphatic imine (C=N–C) groups is 1. The monoisotopic (exact) mass is 422 g/mol. The van der Waals surface area contributed by atoms with Crippen LogP contribution in [-0.2, 0) is 9.59 Å². The predicted molar refractivity (Wildman–Crippen MR) is 107 cm³/mol. The fourth-order valence-electron chi connectivity index (χ4n) is 2.16. The molecule has 138 valence electrons. The van der Waals surface area contributed by atoms with Crippen molar-refractivity contribution in [2.75, 3.05) is 6.61 Å². The smallest absolute Gasteiger partial charge is 0.341 e. The standard InChI is InChI=1S/C18H12Cl2N2O4S/c19-11-2-1-3-12(8-11)21-18-22-17(25)15(27-18)7-10-4-5-14(13(20)6-10)26-9-16(23)24/h1-8H,9H2,(H,23,24)(H,21,22,25)/b15-7-. The number of hydrogen-bond donors (Lipinski definition) is 2. The van der Waals surface area contributed by atoms with E-state index in [1.54, 1.807) is 48.5 Å². The molecule has 1 aliphatic heterocycles. The van der Waals surface area contributed by atoms with E-state index in [0.29, 0.717) is 26.3 Å². The Labute approximate surface area is 168 Å². The first-order valence-electron chi connectivity index (χ1n) is 7.60. The van der Waals surface area contributed by atoms with Crippen molar-refractivity contribution in [1.29, 1.82) is 0 Å². The molecule has 0 aromatic heterocycles. The summed E-state index contributed by atoms with van der Waals surface area (Å²) in [5, 5.41) is 12.6. The van der Waals surface area contributed by atoms with Crippen LogP contribution in [0.5, 0.6) is 5.75 Å². The van der Waals surface area contributed by atoms with Gasteiger partial charge in [0.2, 0.25) is 0 Å². The zero-order valence-electron chi connectivity index (χ0n) is 13.6. The highest BCUT2D eigenvalue weighted by atomic mass is 35.5. The van der Waals surface area contributed by atoms with Gasteiger partial charge < -0.3 is 15.2 Å². The van der Waals surface area contributed by atoms with E-state index in [0.717, 1.165) is 0 Å². The average Bonchev–Trinajstić information content (AvgIpc) is 2.93. The number of aliphatic carboxylic acids is 1. The Morgan fingerprint density at radius 3 is 2.78 bits per heavy atom. The number of nitrogens with one attached hydrogen (secondary N) is 1. The minimum absolute atomic E-state index is 0.252. The van der Waals surface area contributed by atoms with Gasteiger partial charge in [-0.25, -0.2) is 9.79 Å². The lowest BCUT2D eigenvalue weighted by atomic mass is 10.2. The van der Waals surface area contributed by atoms with Crippen LogP contribution in [0, 0.1) is 0 Å². The van der Waals surface area contributed by atoms with Gasteiger partial charge in [0.1, 0.15) is 5.75 Å². The van der Waals surface area contributed by atoms with E-state index in [2.05, 4.69) is 10.3 Å². The van der Waals surface area contributed by atoms with E-state index >= 15 is 0 Å². The van der Waals surface area contributed by atoms with Crippen molar-refractivity contribution in [2.24, 2.45) is 4.99 Å². The molecule has 2 aromatic rings. The lowest BCUT2D eigenvalue weighted by molar-refractivity contribution is -0.139. The summed E-state index contributed by atoms with van der Waals surface area (Å²) in [4.78, 5) is 27.5. The van der Waals surface area contributed by atoms with E-state index < -0.39 is 12.6 Å². The van der Waals surface area contributed by atoms with E-state index in [9.17, 15) is 9.59 Å². The molecule has 1 amide bonds. The summed E-state index contributed by atoms with van der Waals surface area (Å²) in [5.41, 5.74) is 1.30. The number of nitrogens with zero attached hydrogens (tertiary/aromatic N) is 1. The van der Waals surface area contributed by atoms with Crippen molar-refractivity contribution < 1.29 is 19.4 Å². The fraction of sp³-hybridized carbons (Fsp3) is 0.0556. The molecule has 1 aliphatic rings. The van der Waals surface area contributed by atoms with Crippen LogP contribution >= 0.6 is 35.0 Å². The van der Waals surface area contributed by atoms with E-state index in [1.165, 1.54) is 11.8 Å². The van der Waals surface area contributed by atoms with Crippen LogP contribution in [-0.4, -0.2) is 28.8 Å². The van der Waals surface area contributed by atoms with Gasteiger partial charge in [0.15, 0.2) is 11.8 Å². The van der Waals surface area contributed by atoms with Gasteiger partial charge in [0.05, 0.1) is 15.6 Å². The summed E-state index contributed by atoms with van der Waals surface area (Å²) < 4.78 is 5.07. The fourth-order valence-corrected chi connectivity index (χ4v) is 3.43. The Morgan fingerprint density at radius 2 is 2.07 bits per heavy atom. The van der Waals surface area contributed by atoms with E-state index in [-0.39, 0.29) is 16.7 Å². The van der Waals surface area contributed by atoms with Crippen molar-refractivity contribution in [3.63, 3.8) is 0 Å². The molecule has 0 aliphatic carbocycles. The first-order chi connectivity index (χ1) is 12.9. The molecule has 0 saturated carbocycles. The van der Waals surface area contributed by atoms with Gasteiger partial charge >= 0.3 is 5.97 Å². The van der Waals surface area contributed by atoms with Crippen LogP contribution < -0.4 is 10.1 Å². The summed E-state index contributed by atoms with van der Waals surface area (Å²) in [5.74, 6) is -1.11. The van der Waals surface area contributed by atoms with Gasteiger partial charge in [-0.3, -0.25) is 4.79 Å². The van der Waals surface area contributed by atoms with Gasteiger partial charge in [-0.1, -0.05) is 35.3 Å². The number of rotatable bonds is 5. The maximum atomic E-state index is 12.1. The molecule has 2 aromatic carbocycles. The molecule has 6 nitrogen and oxygen atoms in total. The molecule has 2 N–H and O–H groups in total. The van der Waals surface area contributed by atoms with Crippen molar-refractivity contribution in [1.82, 2.24) is 5.32 Å². The predicted octanol–water partition coefficient (Wildman–Crippen LogP) is 4.35. The molecular formula is C18H12Cl2N2O4S. The highest BCUT2D eigenvalue weighted by Gasteiger charge is 2.24. The maximum absolute atomic E-state index is 12.1.